The van der Waals surface area contributed by atoms with Crippen molar-refractivity contribution in [1.82, 2.24) is 5.32 Å². The standard InChI is InChI=1S/C15H17N3O4S/c1-9-6-10(13(16)11(7-9)18(21)22)14(19)17-8-15(2,20)12-4-3-5-23-12/h3-7,20H,8,16H2,1-2H3,(H,17,19). The maximum Gasteiger partial charge on any atom is 0.293 e. The molecule has 1 aromatic carbocycles. The molecule has 1 aromatic heterocycles. The number of nitrogens with one attached hydrogen (secondary N) is 1. The lowest BCUT2D eigenvalue weighted by molar-refractivity contribution is -0.384. The molecule has 7 nitrogen and oxygen atoms in total. The van der Waals surface area contributed by atoms with E-state index in [4.69, 9.17) is 5.73 Å². The molecule has 8 heteroatoms. The Kier molecular flexibility index (Phi) is 4.67. The Hall–Kier alpha value is -2.45. The number of nitro benzene ring substituents is 1. The highest BCUT2D eigenvalue weighted by atomic mass is 32.1. The second-order valence-electron chi connectivity index (χ2n) is 5.44. The minimum Gasteiger partial charge on any atom is -0.393 e. The van der Waals surface area contributed by atoms with Gasteiger partial charge in [0, 0.05) is 10.9 Å². The number of rotatable bonds is 5. The second kappa shape index (κ2) is 6.35. The van der Waals surface area contributed by atoms with Crippen LogP contribution in [-0.2, 0) is 5.60 Å². The average molecular weight is 335 g/mol. The third-order valence-corrected chi connectivity index (χ3v) is 4.51. The summed E-state index contributed by atoms with van der Waals surface area (Å²) in [5.41, 5.74) is 4.59. The van der Waals surface area contributed by atoms with E-state index in [1.165, 1.54) is 23.5 Å². The minimum absolute atomic E-state index is 0.0266. The Balaban J connectivity index is 2.20. The molecule has 23 heavy (non-hydrogen) atoms. The molecule has 122 valence electrons. The zero-order chi connectivity index (χ0) is 17.2. The van der Waals surface area contributed by atoms with Crippen LogP contribution in [0.4, 0.5) is 11.4 Å². The molecule has 4 N–H and O–H groups in total. The van der Waals surface area contributed by atoms with Crippen molar-refractivity contribution in [3.63, 3.8) is 0 Å². The van der Waals surface area contributed by atoms with Gasteiger partial charge in [-0.1, -0.05) is 6.07 Å². The summed E-state index contributed by atoms with van der Waals surface area (Å²) in [4.78, 5) is 23.3. The summed E-state index contributed by atoms with van der Waals surface area (Å²) < 4.78 is 0. The van der Waals surface area contributed by atoms with Gasteiger partial charge in [-0.2, -0.15) is 0 Å². The number of hydrogen-bond acceptors (Lipinski definition) is 6. The van der Waals surface area contributed by atoms with E-state index in [1.54, 1.807) is 26.0 Å². The van der Waals surface area contributed by atoms with Crippen LogP contribution in [0.25, 0.3) is 0 Å². The number of amides is 1. The fourth-order valence-electron chi connectivity index (χ4n) is 2.14. The second-order valence-corrected chi connectivity index (χ2v) is 6.38. The normalized spacial score (nSPS) is 13.3. The van der Waals surface area contributed by atoms with E-state index in [0.29, 0.717) is 10.4 Å². The van der Waals surface area contributed by atoms with Gasteiger partial charge in [0.2, 0.25) is 0 Å². The summed E-state index contributed by atoms with van der Waals surface area (Å²) in [5, 5.41) is 25.8. The first-order valence-electron chi connectivity index (χ1n) is 6.81. The van der Waals surface area contributed by atoms with Crippen LogP contribution in [0.15, 0.2) is 29.6 Å². The number of aliphatic hydroxyl groups is 1. The molecule has 2 aromatic rings. The van der Waals surface area contributed by atoms with Crippen LogP contribution in [0, 0.1) is 17.0 Å². The molecule has 0 fully saturated rings. The van der Waals surface area contributed by atoms with Gasteiger partial charge in [-0.25, -0.2) is 0 Å². The largest absolute Gasteiger partial charge is 0.393 e. The molecular weight excluding hydrogens is 318 g/mol. The van der Waals surface area contributed by atoms with Crippen LogP contribution >= 0.6 is 11.3 Å². The Morgan fingerprint density at radius 2 is 2.22 bits per heavy atom. The van der Waals surface area contributed by atoms with Gasteiger partial charge in [0.15, 0.2) is 0 Å². The first kappa shape index (κ1) is 16.9. The summed E-state index contributed by atoms with van der Waals surface area (Å²) >= 11 is 1.37. The monoisotopic (exact) mass is 335 g/mol. The molecular formula is C15H17N3O4S. The van der Waals surface area contributed by atoms with Crippen molar-refractivity contribution in [3.05, 3.63) is 55.8 Å². The molecule has 0 saturated heterocycles. The topological polar surface area (TPSA) is 118 Å². The molecule has 0 spiro atoms. The maximum absolute atomic E-state index is 12.3. The van der Waals surface area contributed by atoms with Crippen molar-refractivity contribution >= 4 is 28.6 Å². The SMILES string of the molecule is Cc1cc(C(=O)NCC(C)(O)c2cccs2)c(N)c([N+](=O)[O-])c1. The first-order chi connectivity index (χ1) is 10.7. The van der Waals surface area contributed by atoms with Gasteiger partial charge in [-0.05, 0) is 36.9 Å². The van der Waals surface area contributed by atoms with Crippen molar-refractivity contribution in [2.45, 2.75) is 19.4 Å². The number of nitro groups is 1. The quantitative estimate of drug-likeness (QED) is 0.440. The number of carbonyl (C=O) groups excluding carboxylic acids is 1. The zero-order valence-corrected chi connectivity index (χ0v) is 13.5. The molecule has 1 atom stereocenters. The summed E-state index contributed by atoms with van der Waals surface area (Å²) in [6.45, 7) is 3.19. The third kappa shape index (κ3) is 3.66. The van der Waals surface area contributed by atoms with Crippen LogP contribution in [-0.4, -0.2) is 22.5 Å². The van der Waals surface area contributed by atoms with E-state index in [0.717, 1.165) is 0 Å². The van der Waals surface area contributed by atoms with Crippen molar-refractivity contribution in [1.29, 1.82) is 0 Å². The molecule has 0 aliphatic heterocycles. The number of nitrogens with two attached hydrogens (primary N) is 1. The number of nitrogen functional groups attached to an aromatic ring is 1. The summed E-state index contributed by atoms with van der Waals surface area (Å²) in [6, 6.07) is 6.37. The van der Waals surface area contributed by atoms with Gasteiger partial charge >= 0.3 is 0 Å². The lowest BCUT2D eigenvalue weighted by Crippen LogP contribution is -2.38. The van der Waals surface area contributed by atoms with Gasteiger partial charge in [0.1, 0.15) is 11.3 Å². The predicted molar refractivity (Wildman–Crippen MR) is 88.5 cm³/mol. The van der Waals surface area contributed by atoms with Crippen molar-refractivity contribution in [2.24, 2.45) is 0 Å². The highest BCUT2D eigenvalue weighted by Crippen LogP contribution is 2.28. The fourth-order valence-corrected chi connectivity index (χ4v) is 2.92. The number of benzene rings is 1. The van der Waals surface area contributed by atoms with Crippen molar-refractivity contribution < 1.29 is 14.8 Å². The van der Waals surface area contributed by atoms with E-state index in [-0.39, 0.29) is 23.5 Å². The minimum atomic E-state index is -1.23. The lowest BCUT2D eigenvalue weighted by Gasteiger charge is -2.22. The molecule has 1 unspecified atom stereocenters. The number of hydrogen-bond donors (Lipinski definition) is 3. The number of aryl methyl sites for hydroxylation is 1. The molecule has 2 rings (SSSR count). The number of carbonyl (C=O) groups is 1. The number of nitrogens with zero attached hydrogens (tertiary/aromatic N) is 1. The van der Waals surface area contributed by atoms with E-state index in [1.807, 2.05) is 5.38 Å². The molecule has 0 saturated carbocycles. The summed E-state index contributed by atoms with van der Waals surface area (Å²) in [6.07, 6.45) is 0. The fraction of sp³-hybridized carbons (Fsp3) is 0.267. The Morgan fingerprint density at radius 3 is 2.78 bits per heavy atom. The molecule has 0 aliphatic rings. The zero-order valence-electron chi connectivity index (χ0n) is 12.7. The molecule has 0 bridgehead atoms. The van der Waals surface area contributed by atoms with E-state index < -0.39 is 16.4 Å². The number of anilines is 1. The Morgan fingerprint density at radius 1 is 1.52 bits per heavy atom. The van der Waals surface area contributed by atoms with Gasteiger partial charge in [0.25, 0.3) is 11.6 Å². The van der Waals surface area contributed by atoms with Gasteiger partial charge in [0.05, 0.1) is 17.0 Å². The highest BCUT2D eigenvalue weighted by Gasteiger charge is 2.26. The Bertz CT molecular complexity index is 741. The maximum atomic E-state index is 12.3. The van der Waals surface area contributed by atoms with Crippen LogP contribution < -0.4 is 11.1 Å². The summed E-state index contributed by atoms with van der Waals surface area (Å²) in [7, 11) is 0. The molecule has 1 amide bonds. The molecule has 0 radical (unpaired) electrons. The highest BCUT2D eigenvalue weighted by molar-refractivity contribution is 7.10. The van der Waals surface area contributed by atoms with E-state index >= 15 is 0 Å². The van der Waals surface area contributed by atoms with E-state index in [2.05, 4.69) is 5.32 Å². The molecule has 1 heterocycles. The van der Waals surface area contributed by atoms with Crippen molar-refractivity contribution in [2.75, 3.05) is 12.3 Å². The average Bonchev–Trinajstić information content (AvgIpc) is 3.01. The van der Waals surface area contributed by atoms with Crippen LogP contribution in [0.3, 0.4) is 0 Å². The molecule has 0 aliphatic carbocycles. The van der Waals surface area contributed by atoms with Crippen molar-refractivity contribution in [3.8, 4) is 0 Å². The third-order valence-electron chi connectivity index (χ3n) is 3.39. The van der Waals surface area contributed by atoms with Crippen LogP contribution in [0.5, 0.6) is 0 Å². The van der Waals surface area contributed by atoms with E-state index in [9.17, 15) is 20.0 Å². The summed E-state index contributed by atoms with van der Waals surface area (Å²) in [5.74, 6) is -0.564. The lowest BCUT2D eigenvalue weighted by atomic mass is 10.0. The smallest absolute Gasteiger partial charge is 0.293 e. The number of thiophene rings is 1. The van der Waals surface area contributed by atoms with Crippen LogP contribution in [0.1, 0.15) is 27.7 Å². The Labute approximate surface area is 136 Å². The first-order valence-corrected chi connectivity index (χ1v) is 7.69. The predicted octanol–water partition coefficient (Wildman–Crippen LogP) is 2.18. The van der Waals surface area contributed by atoms with Gasteiger partial charge in [-0.15, -0.1) is 11.3 Å². The van der Waals surface area contributed by atoms with Crippen LogP contribution in [0.2, 0.25) is 0 Å². The van der Waals surface area contributed by atoms with Gasteiger partial charge in [-0.3, -0.25) is 14.9 Å². The van der Waals surface area contributed by atoms with Gasteiger partial charge < -0.3 is 16.2 Å².